The van der Waals surface area contributed by atoms with Gasteiger partial charge in [0.15, 0.2) is 5.13 Å². The van der Waals surface area contributed by atoms with E-state index >= 15 is 0 Å². The number of nitrogens with zero attached hydrogens (tertiary/aromatic N) is 2. The van der Waals surface area contributed by atoms with Crippen LogP contribution < -0.4 is 10.0 Å². The van der Waals surface area contributed by atoms with E-state index in [0.29, 0.717) is 29.3 Å². The minimum Gasteiger partial charge on any atom is -0.362 e. The third-order valence-electron chi connectivity index (χ3n) is 4.11. The summed E-state index contributed by atoms with van der Waals surface area (Å²) in [6.45, 7) is 3.61. The highest BCUT2D eigenvalue weighted by Crippen LogP contribution is 2.28. The second kappa shape index (κ2) is 7.11. The van der Waals surface area contributed by atoms with Crippen molar-refractivity contribution in [3.8, 4) is 0 Å². The van der Waals surface area contributed by atoms with E-state index in [0.717, 1.165) is 22.8 Å². The zero-order valence-electron chi connectivity index (χ0n) is 14.1. The molecule has 2 aromatic rings. The number of fused-ring (bicyclic) bond motifs is 1. The second-order valence-corrected chi connectivity index (χ2v) is 8.52. The Hall–Kier alpha value is -1.97. The molecule has 0 saturated carbocycles. The molecule has 1 amide bonds. The lowest BCUT2D eigenvalue weighted by atomic mass is 9.99. The van der Waals surface area contributed by atoms with Gasteiger partial charge in [-0.1, -0.05) is 23.5 Å². The maximum atomic E-state index is 12.7. The Morgan fingerprint density at radius 2 is 2.20 bits per heavy atom. The summed E-state index contributed by atoms with van der Waals surface area (Å²) in [7, 11) is -2.10. The van der Waals surface area contributed by atoms with Gasteiger partial charge < -0.3 is 10.2 Å². The van der Waals surface area contributed by atoms with Crippen LogP contribution in [0.1, 0.15) is 27.7 Å². The average molecular weight is 380 g/mol. The van der Waals surface area contributed by atoms with Crippen LogP contribution in [-0.4, -0.2) is 44.3 Å². The molecule has 0 bridgehead atoms. The molecule has 0 saturated heterocycles. The molecular formula is C16H20N4O3S2. The molecule has 0 spiro atoms. The number of hydrogen-bond donors (Lipinski definition) is 2. The van der Waals surface area contributed by atoms with Crippen LogP contribution in [0.15, 0.2) is 29.3 Å². The Bertz CT molecular complexity index is 893. The van der Waals surface area contributed by atoms with E-state index in [1.54, 1.807) is 23.2 Å². The summed E-state index contributed by atoms with van der Waals surface area (Å²) in [4.78, 5) is 19.5. The SMILES string of the molecule is CCNc1ncc(C(=O)N2CCc3c(cccc3S(=O)(=O)NC)C2)s1. The first-order valence-corrected chi connectivity index (χ1v) is 10.3. The monoisotopic (exact) mass is 380 g/mol. The quantitative estimate of drug-likeness (QED) is 0.824. The van der Waals surface area contributed by atoms with Gasteiger partial charge in [-0.3, -0.25) is 4.79 Å². The molecule has 1 aromatic carbocycles. The number of carbonyl (C=O) groups is 1. The van der Waals surface area contributed by atoms with Crippen LogP contribution >= 0.6 is 11.3 Å². The number of thiazole rings is 1. The van der Waals surface area contributed by atoms with Gasteiger partial charge in [-0.25, -0.2) is 18.1 Å². The summed E-state index contributed by atoms with van der Waals surface area (Å²) >= 11 is 1.33. The third-order valence-corrected chi connectivity index (χ3v) is 6.55. The van der Waals surface area contributed by atoms with Crippen molar-refractivity contribution in [1.29, 1.82) is 0 Å². The number of benzene rings is 1. The maximum absolute atomic E-state index is 12.7. The van der Waals surface area contributed by atoms with Gasteiger partial charge in [0.05, 0.1) is 11.1 Å². The van der Waals surface area contributed by atoms with Crippen LogP contribution in [0.4, 0.5) is 5.13 Å². The number of carbonyl (C=O) groups excluding carboxylic acids is 1. The van der Waals surface area contributed by atoms with Gasteiger partial charge in [-0.2, -0.15) is 0 Å². The number of nitrogens with one attached hydrogen (secondary N) is 2. The summed E-state index contributed by atoms with van der Waals surface area (Å²) in [6.07, 6.45) is 2.10. The van der Waals surface area contributed by atoms with Gasteiger partial charge in [0.2, 0.25) is 10.0 Å². The van der Waals surface area contributed by atoms with Crippen molar-refractivity contribution < 1.29 is 13.2 Å². The van der Waals surface area contributed by atoms with Crippen molar-refractivity contribution >= 4 is 32.4 Å². The second-order valence-electron chi connectivity index (χ2n) is 5.64. The van der Waals surface area contributed by atoms with E-state index in [1.165, 1.54) is 18.4 Å². The predicted octanol–water partition coefficient (Wildman–Crippen LogP) is 1.68. The van der Waals surface area contributed by atoms with Crippen LogP contribution in [0.5, 0.6) is 0 Å². The first-order valence-electron chi connectivity index (χ1n) is 7.99. The molecule has 0 unspecified atom stereocenters. The number of aromatic nitrogens is 1. The lowest BCUT2D eigenvalue weighted by Gasteiger charge is -2.29. The third kappa shape index (κ3) is 3.53. The van der Waals surface area contributed by atoms with Crippen LogP contribution in [0.25, 0.3) is 0 Å². The molecule has 0 atom stereocenters. The van der Waals surface area contributed by atoms with Gasteiger partial charge in [-0.05, 0) is 37.6 Å². The summed E-state index contributed by atoms with van der Waals surface area (Å²) in [5.41, 5.74) is 1.66. The zero-order valence-corrected chi connectivity index (χ0v) is 15.7. The summed E-state index contributed by atoms with van der Waals surface area (Å²) < 4.78 is 26.7. The minimum absolute atomic E-state index is 0.0748. The van der Waals surface area contributed by atoms with Gasteiger partial charge in [0, 0.05) is 19.6 Å². The zero-order chi connectivity index (χ0) is 18.0. The fourth-order valence-electron chi connectivity index (χ4n) is 2.87. The fraction of sp³-hybridized carbons (Fsp3) is 0.375. The molecule has 1 aromatic heterocycles. The topological polar surface area (TPSA) is 91.4 Å². The molecule has 2 heterocycles. The van der Waals surface area contributed by atoms with Crippen LogP contribution in [0.3, 0.4) is 0 Å². The van der Waals surface area contributed by atoms with E-state index < -0.39 is 10.0 Å². The van der Waals surface area contributed by atoms with Crippen LogP contribution in [0, 0.1) is 0 Å². The summed E-state index contributed by atoms with van der Waals surface area (Å²) in [5.74, 6) is -0.0748. The van der Waals surface area contributed by atoms with Gasteiger partial charge >= 0.3 is 0 Å². The first kappa shape index (κ1) is 17.8. The lowest BCUT2D eigenvalue weighted by Crippen LogP contribution is -2.36. The summed E-state index contributed by atoms with van der Waals surface area (Å²) in [6, 6.07) is 5.20. The Labute approximate surface area is 151 Å². The van der Waals surface area contributed by atoms with Gasteiger partial charge in [0.1, 0.15) is 4.88 Å². The number of rotatable bonds is 5. The van der Waals surface area contributed by atoms with Crippen molar-refractivity contribution in [3.05, 3.63) is 40.4 Å². The Morgan fingerprint density at radius 1 is 1.40 bits per heavy atom. The van der Waals surface area contributed by atoms with Crippen molar-refractivity contribution in [2.45, 2.75) is 24.8 Å². The summed E-state index contributed by atoms with van der Waals surface area (Å²) in [5, 5.41) is 3.82. The normalized spacial score (nSPS) is 14.2. The Morgan fingerprint density at radius 3 is 2.92 bits per heavy atom. The molecule has 2 N–H and O–H groups in total. The minimum atomic E-state index is -3.50. The average Bonchev–Trinajstić information content (AvgIpc) is 3.09. The number of sulfonamides is 1. The molecule has 1 aliphatic rings. The number of hydrogen-bond acceptors (Lipinski definition) is 6. The van der Waals surface area contributed by atoms with Crippen molar-refractivity contribution in [2.24, 2.45) is 0 Å². The molecule has 25 heavy (non-hydrogen) atoms. The Kier molecular flexibility index (Phi) is 5.07. The maximum Gasteiger partial charge on any atom is 0.265 e. The molecule has 0 aliphatic carbocycles. The van der Waals surface area contributed by atoms with Crippen molar-refractivity contribution in [3.63, 3.8) is 0 Å². The molecule has 3 rings (SSSR count). The highest BCUT2D eigenvalue weighted by molar-refractivity contribution is 7.89. The highest BCUT2D eigenvalue weighted by Gasteiger charge is 2.27. The lowest BCUT2D eigenvalue weighted by molar-refractivity contribution is 0.0738. The van der Waals surface area contributed by atoms with E-state index in [2.05, 4.69) is 15.0 Å². The molecule has 7 nitrogen and oxygen atoms in total. The van der Waals surface area contributed by atoms with Gasteiger partial charge in [-0.15, -0.1) is 0 Å². The van der Waals surface area contributed by atoms with Crippen LogP contribution in [0.2, 0.25) is 0 Å². The largest absolute Gasteiger partial charge is 0.362 e. The van der Waals surface area contributed by atoms with Crippen molar-refractivity contribution in [1.82, 2.24) is 14.6 Å². The van der Waals surface area contributed by atoms with Gasteiger partial charge in [0.25, 0.3) is 5.91 Å². The van der Waals surface area contributed by atoms with E-state index in [1.807, 2.05) is 13.0 Å². The molecule has 0 radical (unpaired) electrons. The van der Waals surface area contributed by atoms with Crippen LogP contribution in [-0.2, 0) is 23.0 Å². The number of anilines is 1. The molecule has 134 valence electrons. The molecule has 9 heteroatoms. The predicted molar refractivity (Wildman–Crippen MR) is 97.4 cm³/mol. The standard InChI is InChI=1S/C16H20N4O3S2/c1-3-18-16-19-9-13(24-16)15(21)20-8-7-12-11(10-20)5-4-6-14(12)25(22,23)17-2/h4-6,9,17H,3,7-8,10H2,1-2H3,(H,18,19). The van der Waals surface area contributed by atoms with Crippen molar-refractivity contribution in [2.75, 3.05) is 25.5 Å². The first-order chi connectivity index (χ1) is 12.0. The highest BCUT2D eigenvalue weighted by atomic mass is 32.2. The molecule has 1 aliphatic heterocycles. The number of amides is 1. The Balaban J connectivity index is 1.84. The molecular weight excluding hydrogens is 360 g/mol. The van der Waals surface area contributed by atoms with E-state index in [9.17, 15) is 13.2 Å². The molecule has 0 fully saturated rings. The fourth-order valence-corrected chi connectivity index (χ4v) is 4.76. The van der Waals surface area contributed by atoms with E-state index in [-0.39, 0.29) is 5.91 Å². The smallest absolute Gasteiger partial charge is 0.265 e. The van der Waals surface area contributed by atoms with E-state index in [4.69, 9.17) is 0 Å².